The lowest BCUT2D eigenvalue weighted by atomic mass is 9.91. The van der Waals surface area contributed by atoms with E-state index >= 15 is 0 Å². The van der Waals surface area contributed by atoms with Crippen molar-refractivity contribution in [3.63, 3.8) is 0 Å². The molecule has 1 aromatic rings. The number of carbonyl (C=O) groups excluding carboxylic acids is 2. The molecule has 1 aromatic carbocycles. The number of ketones is 1. The molecule has 2 aliphatic heterocycles. The molecule has 0 N–H and O–H groups in total. The average molecular weight is 404 g/mol. The van der Waals surface area contributed by atoms with E-state index in [1.807, 2.05) is 0 Å². The van der Waals surface area contributed by atoms with Gasteiger partial charge in [-0.15, -0.1) is 0 Å². The average Bonchev–Trinajstić information content (AvgIpc) is 2.99. The summed E-state index contributed by atoms with van der Waals surface area (Å²) in [6.45, 7) is 2.52. The Morgan fingerprint density at radius 1 is 1.42 bits per heavy atom. The van der Waals surface area contributed by atoms with E-state index in [-0.39, 0.29) is 28.8 Å². The molecule has 0 saturated carbocycles. The number of nitrogens with zero attached hydrogens (tertiary/aromatic N) is 1. The molecule has 0 amide bonds. The molecule has 3 rings (SSSR count). The number of benzene rings is 1. The molecule has 1 saturated heterocycles. The van der Waals surface area contributed by atoms with Gasteiger partial charge in [-0.3, -0.25) is 9.59 Å². The van der Waals surface area contributed by atoms with E-state index in [4.69, 9.17) is 21.1 Å². The van der Waals surface area contributed by atoms with E-state index in [0.29, 0.717) is 6.42 Å². The predicted molar refractivity (Wildman–Crippen MR) is 88.8 cm³/mol. The molecule has 26 heavy (non-hydrogen) atoms. The monoisotopic (exact) mass is 403 g/mol. The van der Waals surface area contributed by atoms with Gasteiger partial charge in [0.25, 0.3) is 11.7 Å². The number of ether oxygens (including phenoxy) is 2. The standard InChI is InChI=1S/C16H15ClFNO6S/c1-9(20)24-13-14(21)16(2,11-5-4-10(18)8-12(11)17)25-15(13)19-6-3-7-26(19,22)23/h4-5,8H,3,6-7H2,1-2H3. The highest BCUT2D eigenvalue weighted by Crippen LogP contribution is 2.44. The van der Waals surface area contributed by atoms with Crippen molar-refractivity contribution >= 4 is 33.4 Å². The zero-order chi connectivity index (χ0) is 19.3. The van der Waals surface area contributed by atoms with Gasteiger partial charge in [0.2, 0.25) is 21.4 Å². The van der Waals surface area contributed by atoms with Crippen LogP contribution in [0.1, 0.15) is 25.8 Å². The molecule has 2 heterocycles. The lowest BCUT2D eigenvalue weighted by molar-refractivity contribution is -0.142. The molecule has 1 fully saturated rings. The zero-order valence-electron chi connectivity index (χ0n) is 13.9. The topological polar surface area (TPSA) is 90.0 Å². The molecule has 0 radical (unpaired) electrons. The molecule has 2 aliphatic rings. The van der Waals surface area contributed by atoms with Gasteiger partial charge in [0.15, 0.2) is 0 Å². The summed E-state index contributed by atoms with van der Waals surface area (Å²) in [4.78, 5) is 24.4. The van der Waals surface area contributed by atoms with E-state index in [9.17, 15) is 22.4 Å². The summed E-state index contributed by atoms with van der Waals surface area (Å²) in [5, 5.41) is -0.0754. The Bertz CT molecular complexity index is 944. The second-order valence-electron chi connectivity index (χ2n) is 6.06. The highest BCUT2D eigenvalue weighted by Gasteiger charge is 2.53. The van der Waals surface area contributed by atoms with Crippen LogP contribution < -0.4 is 0 Å². The SMILES string of the molecule is CC(=O)OC1=C(N2CCCS2(=O)=O)OC(C)(c2ccc(F)cc2Cl)C1=O. The van der Waals surface area contributed by atoms with Crippen LogP contribution in [0, 0.1) is 5.82 Å². The van der Waals surface area contributed by atoms with Crippen LogP contribution in [0.4, 0.5) is 4.39 Å². The highest BCUT2D eigenvalue weighted by atomic mass is 35.5. The summed E-state index contributed by atoms with van der Waals surface area (Å²) in [6.07, 6.45) is 0.338. The van der Waals surface area contributed by atoms with Gasteiger partial charge in [-0.2, -0.15) is 0 Å². The van der Waals surface area contributed by atoms with Crippen LogP contribution in [-0.2, 0) is 34.7 Å². The molecular formula is C16H15ClFNO6S. The minimum atomic E-state index is -3.70. The van der Waals surface area contributed by atoms with Gasteiger partial charge in [0, 0.05) is 19.0 Å². The second kappa shape index (κ2) is 6.24. The summed E-state index contributed by atoms with van der Waals surface area (Å²) >= 11 is 6.05. The second-order valence-corrected chi connectivity index (χ2v) is 8.48. The van der Waals surface area contributed by atoms with Crippen LogP contribution >= 0.6 is 11.6 Å². The first kappa shape index (κ1) is 18.7. The van der Waals surface area contributed by atoms with Crippen molar-refractivity contribution in [2.24, 2.45) is 0 Å². The minimum Gasteiger partial charge on any atom is -0.456 e. The molecular weight excluding hydrogens is 389 g/mol. The van der Waals surface area contributed by atoms with Crippen molar-refractivity contribution in [1.82, 2.24) is 4.31 Å². The van der Waals surface area contributed by atoms with Crippen molar-refractivity contribution in [2.45, 2.75) is 25.9 Å². The third kappa shape index (κ3) is 2.95. The first-order chi connectivity index (χ1) is 12.1. The van der Waals surface area contributed by atoms with Gasteiger partial charge < -0.3 is 9.47 Å². The minimum absolute atomic E-state index is 0.0754. The molecule has 7 nitrogen and oxygen atoms in total. The maximum Gasteiger partial charge on any atom is 0.308 e. The first-order valence-electron chi connectivity index (χ1n) is 7.69. The Balaban J connectivity index is 2.11. The van der Waals surface area contributed by atoms with E-state index in [1.165, 1.54) is 13.0 Å². The van der Waals surface area contributed by atoms with Gasteiger partial charge in [0.05, 0.1) is 10.8 Å². The third-order valence-electron chi connectivity index (χ3n) is 4.15. The Morgan fingerprint density at radius 3 is 2.65 bits per heavy atom. The van der Waals surface area contributed by atoms with Gasteiger partial charge in [-0.05, 0) is 25.5 Å². The molecule has 140 valence electrons. The van der Waals surface area contributed by atoms with E-state index in [1.54, 1.807) is 0 Å². The fraction of sp³-hybridized carbons (Fsp3) is 0.375. The zero-order valence-corrected chi connectivity index (χ0v) is 15.5. The summed E-state index contributed by atoms with van der Waals surface area (Å²) in [5.74, 6) is -3.17. The fourth-order valence-electron chi connectivity index (χ4n) is 2.92. The quantitative estimate of drug-likeness (QED) is 0.717. The Labute approximate surface area is 154 Å². The maximum atomic E-state index is 13.4. The highest BCUT2D eigenvalue weighted by molar-refractivity contribution is 7.89. The van der Waals surface area contributed by atoms with Crippen LogP contribution in [0.25, 0.3) is 0 Å². The van der Waals surface area contributed by atoms with E-state index in [2.05, 4.69) is 0 Å². The number of sulfonamides is 1. The number of hydrogen-bond donors (Lipinski definition) is 0. The number of Topliss-reactive ketones (excluding diaryl/α,β-unsaturated/α-hetero) is 1. The van der Waals surface area contributed by atoms with Crippen LogP contribution in [0.5, 0.6) is 0 Å². The number of hydrogen-bond acceptors (Lipinski definition) is 6. The van der Waals surface area contributed by atoms with Crippen LogP contribution in [0.15, 0.2) is 29.8 Å². The van der Waals surface area contributed by atoms with E-state index < -0.39 is 39.0 Å². The number of halogens is 2. The first-order valence-corrected chi connectivity index (χ1v) is 9.67. The van der Waals surface area contributed by atoms with Crippen molar-refractivity contribution < 1.29 is 31.9 Å². The summed E-state index contributed by atoms with van der Waals surface area (Å²) in [5.41, 5.74) is -1.63. The largest absolute Gasteiger partial charge is 0.456 e. The number of rotatable bonds is 3. The fourth-order valence-corrected chi connectivity index (χ4v) is 4.76. The summed E-state index contributed by atoms with van der Waals surface area (Å²) in [6, 6.07) is 3.37. The maximum absolute atomic E-state index is 13.4. The normalized spacial score (nSPS) is 24.8. The Morgan fingerprint density at radius 2 is 2.12 bits per heavy atom. The molecule has 0 aromatic heterocycles. The van der Waals surface area contributed by atoms with Gasteiger partial charge in [-0.25, -0.2) is 17.1 Å². The van der Waals surface area contributed by atoms with Gasteiger partial charge >= 0.3 is 5.97 Å². The predicted octanol–water partition coefficient (Wildman–Crippen LogP) is 2.06. The van der Waals surface area contributed by atoms with Crippen LogP contribution in [0.2, 0.25) is 5.02 Å². The molecule has 1 unspecified atom stereocenters. The van der Waals surface area contributed by atoms with Crippen molar-refractivity contribution in [1.29, 1.82) is 0 Å². The molecule has 0 bridgehead atoms. The van der Waals surface area contributed by atoms with Crippen LogP contribution in [-0.4, -0.2) is 36.8 Å². The van der Waals surface area contributed by atoms with E-state index in [0.717, 1.165) is 23.4 Å². The molecule has 10 heteroatoms. The third-order valence-corrected chi connectivity index (χ3v) is 6.29. The summed E-state index contributed by atoms with van der Waals surface area (Å²) in [7, 11) is -3.70. The number of carbonyl (C=O) groups is 2. The van der Waals surface area contributed by atoms with Crippen molar-refractivity contribution in [2.75, 3.05) is 12.3 Å². The number of esters is 1. The lowest BCUT2D eigenvalue weighted by Crippen LogP contribution is -2.33. The molecule has 1 atom stereocenters. The smallest absolute Gasteiger partial charge is 0.308 e. The molecule has 0 aliphatic carbocycles. The molecule has 0 spiro atoms. The van der Waals surface area contributed by atoms with Crippen molar-refractivity contribution in [3.05, 3.63) is 46.2 Å². The van der Waals surface area contributed by atoms with Gasteiger partial charge in [-0.1, -0.05) is 17.7 Å². The lowest BCUT2D eigenvalue weighted by Gasteiger charge is -2.26. The Hall–Kier alpha value is -2.13. The summed E-state index contributed by atoms with van der Waals surface area (Å²) < 4.78 is 49.4. The Kier molecular flexibility index (Phi) is 4.48. The van der Waals surface area contributed by atoms with Crippen molar-refractivity contribution in [3.8, 4) is 0 Å². The van der Waals surface area contributed by atoms with Crippen LogP contribution in [0.3, 0.4) is 0 Å². The van der Waals surface area contributed by atoms with Gasteiger partial charge in [0.1, 0.15) is 5.82 Å².